The van der Waals surface area contributed by atoms with E-state index in [0.717, 1.165) is 40.2 Å². The number of halogens is 2. The zero-order chi connectivity index (χ0) is 22.2. The summed E-state index contributed by atoms with van der Waals surface area (Å²) in [5.74, 6) is 0.363. The van der Waals surface area contributed by atoms with Gasteiger partial charge in [0, 0.05) is 24.1 Å². The standard InChI is InChI=1S/C15H13N5O2S.C6H4F2/c1-16-14-15(18-13-8-3-2-7-12(13)17-14)19-23-11-6-4-5-10(9-11)20(21)22;7-5-1-2-6(8)4-3-5/h2-9H,1H3,(H,16,17)(H,18,19);1-4H. The van der Waals surface area contributed by atoms with Crippen molar-refractivity contribution >= 4 is 40.3 Å². The lowest BCUT2D eigenvalue weighted by atomic mass is 10.3. The second-order valence-electron chi connectivity index (χ2n) is 6.05. The fourth-order valence-electron chi connectivity index (χ4n) is 2.44. The number of aromatic nitrogens is 2. The number of nitrogens with zero attached hydrogens (tertiary/aromatic N) is 3. The van der Waals surface area contributed by atoms with Gasteiger partial charge in [0.25, 0.3) is 5.69 Å². The predicted octanol–water partition coefficient (Wildman–Crippen LogP) is 5.66. The van der Waals surface area contributed by atoms with E-state index in [2.05, 4.69) is 20.0 Å². The van der Waals surface area contributed by atoms with Crippen molar-refractivity contribution in [2.24, 2.45) is 0 Å². The summed E-state index contributed by atoms with van der Waals surface area (Å²) in [4.78, 5) is 20.1. The van der Waals surface area contributed by atoms with E-state index in [-0.39, 0.29) is 5.69 Å². The number of nitro benzene ring substituents is 1. The zero-order valence-electron chi connectivity index (χ0n) is 16.3. The Labute approximate surface area is 180 Å². The molecule has 1 aromatic heterocycles. The molecule has 0 aliphatic carbocycles. The van der Waals surface area contributed by atoms with E-state index in [9.17, 15) is 18.9 Å². The molecule has 0 unspecified atom stereocenters. The number of anilines is 2. The quantitative estimate of drug-likeness (QED) is 0.234. The van der Waals surface area contributed by atoms with Gasteiger partial charge in [0.2, 0.25) is 0 Å². The van der Waals surface area contributed by atoms with E-state index in [1.165, 1.54) is 24.1 Å². The third-order valence-corrected chi connectivity index (χ3v) is 4.69. The lowest BCUT2D eigenvalue weighted by Gasteiger charge is -2.10. The summed E-state index contributed by atoms with van der Waals surface area (Å²) in [5, 5.41) is 13.8. The fourth-order valence-corrected chi connectivity index (χ4v) is 3.13. The number of para-hydroxylation sites is 2. The van der Waals surface area contributed by atoms with Gasteiger partial charge < -0.3 is 10.0 Å². The first-order valence-corrected chi connectivity index (χ1v) is 9.81. The molecule has 0 radical (unpaired) electrons. The average molecular weight is 441 g/mol. The molecular weight excluding hydrogens is 424 g/mol. The summed E-state index contributed by atoms with van der Waals surface area (Å²) in [7, 11) is 1.77. The number of nitrogens with one attached hydrogen (secondary N) is 2. The molecule has 0 bridgehead atoms. The summed E-state index contributed by atoms with van der Waals surface area (Å²) >= 11 is 1.25. The minimum Gasteiger partial charge on any atom is -0.370 e. The van der Waals surface area contributed by atoms with Crippen LogP contribution >= 0.6 is 11.9 Å². The van der Waals surface area contributed by atoms with Gasteiger partial charge in [0.1, 0.15) is 11.6 Å². The Hall–Kier alpha value is -3.79. The van der Waals surface area contributed by atoms with Crippen LogP contribution in [-0.2, 0) is 0 Å². The number of nitro groups is 1. The van der Waals surface area contributed by atoms with Gasteiger partial charge in [-0.1, -0.05) is 18.2 Å². The average Bonchev–Trinajstić information content (AvgIpc) is 2.79. The molecule has 10 heteroatoms. The number of fused-ring (bicyclic) bond motifs is 1. The lowest BCUT2D eigenvalue weighted by Crippen LogP contribution is -2.01. The number of hydrogen-bond donors (Lipinski definition) is 2. The maximum Gasteiger partial charge on any atom is 0.270 e. The Bertz CT molecular complexity index is 1170. The summed E-state index contributed by atoms with van der Waals surface area (Å²) in [6.07, 6.45) is 0. The first kappa shape index (κ1) is 21.9. The van der Waals surface area contributed by atoms with Crippen molar-refractivity contribution in [3.63, 3.8) is 0 Å². The van der Waals surface area contributed by atoms with Crippen molar-refractivity contribution < 1.29 is 13.7 Å². The maximum atomic E-state index is 11.9. The van der Waals surface area contributed by atoms with Crippen molar-refractivity contribution in [3.8, 4) is 0 Å². The Morgan fingerprint density at radius 3 is 2.00 bits per heavy atom. The molecule has 4 rings (SSSR count). The van der Waals surface area contributed by atoms with Crippen LogP contribution in [0.1, 0.15) is 0 Å². The molecule has 0 fully saturated rings. The second kappa shape index (κ2) is 10.3. The molecule has 1 heterocycles. The fraction of sp³-hybridized carbons (Fsp3) is 0.0476. The Balaban J connectivity index is 0.000000287. The maximum absolute atomic E-state index is 11.9. The van der Waals surface area contributed by atoms with Crippen LogP contribution in [-0.4, -0.2) is 21.9 Å². The SMILES string of the molecule is CNc1nc2ccccc2nc1NSc1cccc([N+](=O)[O-])c1.Fc1ccc(F)cc1. The highest BCUT2D eigenvalue weighted by atomic mass is 32.2. The normalized spacial score (nSPS) is 10.2. The van der Waals surface area contributed by atoms with E-state index < -0.39 is 16.6 Å². The van der Waals surface area contributed by atoms with Gasteiger partial charge in [0.05, 0.1) is 16.0 Å². The largest absolute Gasteiger partial charge is 0.370 e. The first-order valence-electron chi connectivity index (χ1n) is 8.99. The molecule has 0 aliphatic heterocycles. The van der Waals surface area contributed by atoms with Crippen LogP contribution in [0.2, 0.25) is 0 Å². The molecule has 2 N–H and O–H groups in total. The van der Waals surface area contributed by atoms with Crippen LogP contribution in [0.25, 0.3) is 11.0 Å². The third-order valence-electron chi connectivity index (χ3n) is 3.90. The zero-order valence-corrected chi connectivity index (χ0v) is 17.1. The highest BCUT2D eigenvalue weighted by Gasteiger charge is 2.10. The van der Waals surface area contributed by atoms with Gasteiger partial charge in [-0.3, -0.25) is 10.1 Å². The lowest BCUT2D eigenvalue weighted by molar-refractivity contribution is -0.385. The topological polar surface area (TPSA) is 93.0 Å². The van der Waals surface area contributed by atoms with Crippen molar-refractivity contribution in [2.75, 3.05) is 17.1 Å². The summed E-state index contributed by atoms with van der Waals surface area (Å²) < 4.78 is 26.9. The van der Waals surface area contributed by atoms with E-state index in [1.54, 1.807) is 19.2 Å². The Morgan fingerprint density at radius 2 is 1.45 bits per heavy atom. The number of non-ortho nitro benzene ring substituents is 1. The molecule has 0 amide bonds. The predicted molar refractivity (Wildman–Crippen MR) is 118 cm³/mol. The molecule has 0 atom stereocenters. The van der Waals surface area contributed by atoms with Crippen LogP contribution in [0, 0.1) is 21.7 Å². The van der Waals surface area contributed by atoms with E-state index >= 15 is 0 Å². The van der Waals surface area contributed by atoms with Gasteiger partial charge in [-0.2, -0.15) is 0 Å². The van der Waals surface area contributed by atoms with Gasteiger partial charge in [-0.05, 0) is 54.4 Å². The molecule has 0 aliphatic rings. The van der Waals surface area contributed by atoms with Gasteiger partial charge in [0.15, 0.2) is 11.6 Å². The minimum atomic E-state index is -0.418. The highest BCUT2D eigenvalue weighted by molar-refractivity contribution is 8.00. The first-order chi connectivity index (χ1) is 15.0. The van der Waals surface area contributed by atoms with Crippen molar-refractivity contribution in [1.82, 2.24) is 9.97 Å². The van der Waals surface area contributed by atoms with Crippen molar-refractivity contribution in [1.29, 1.82) is 0 Å². The van der Waals surface area contributed by atoms with Crippen LogP contribution in [0.5, 0.6) is 0 Å². The number of benzene rings is 3. The van der Waals surface area contributed by atoms with Crippen LogP contribution < -0.4 is 10.0 Å². The molecule has 7 nitrogen and oxygen atoms in total. The Morgan fingerprint density at radius 1 is 0.871 bits per heavy atom. The van der Waals surface area contributed by atoms with Crippen molar-refractivity contribution in [3.05, 3.63) is 94.5 Å². The monoisotopic (exact) mass is 441 g/mol. The van der Waals surface area contributed by atoms with Gasteiger partial charge >= 0.3 is 0 Å². The Kier molecular flexibility index (Phi) is 7.28. The summed E-state index contributed by atoms with van der Waals surface area (Å²) in [6, 6.07) is 18.3. The molecule has 0 spiro atoms. The minimum absolute atomic E-state index is 0.0511. The number of rotatable bonds is 5. The third kappa shape index (κ3) is 6.09. The molecule has 31 heavy (non-hydrogen) atoms. The van der Waals surface area contributed by atoms with E-state index in [1.807, 2.05) is 24.3 Å². The summed E-state index contributed by atoms with van der Waals surface area (Å²) in [5.41, 5.74) is 1.62. The van der Waals surface area contributed by atoms with Gasteiger partial charge in [-0.25, -0.2) is 18.7 Å². The highest BCUT2D eigenvalue weighted by Crippen LogP contribution is 2.28. The van der Waals surface area contributed by atoms with Gasteiger partial charge in [-0.15, -0.1) is 0 Å². The molecule has 158 valence electrons. The number of hydrogen-bond acceptors (Lipinski definition) is 7. The van der Waals surface area contributed by atoms with Crippen molar-refractivity contribution in [2.45, 2.75) is 4.90 Å². The van der Waals surface area contributed by atoms with Crippen LogP contribution in [0.15, 0.2) is 77.7 Å². The van der Waals surface area contributed by atoms with E-state index in [0.29, 0.717) is 11.6 Å². The van der Waals surface area contributed by atoms with Crippen LogP contribution in [0.3, 0.4) is 0 Å². The molecular formula is C21H17F2N5O2S. The molecule has 0 saturated heterocycles. The molecule has 4 aromatic rings. The van der Waals surface area contributed by atoms with Crippen LogP contribution in [0.4, 0.5) is 26.1 Å². The molecule has 0 saturated carbocycles. The summed E-state index contributed by atoms with van der Waals surface area (Å²) in [6.45, 7) is 0. The van der Waals surface area contributed by atoms with E-state index in [4.69, 9.17) is 0 Å². The smallest absolute Gasteiger partial charge is 0.270 e. The second-order valence-corrected chi connectivity index (χ2v) is 6.93. The molecule has 3 aromatic carbocycles.